The molecule has 0 spiro atoms. The van der Waals surface area contributed by atoms with E-state index in [1.165, 1.54) is 0 Å². The highest BCUT2D eigenvalue weighted by Gasteiger charge is 2.34. The molecule has 0 aliphatic carbocycles. The van der Waals surface area contributed by atoms with Gasteiger partial charge in [0.15, 0.2) is 0 Å². The number of aliphatic hydroxyl groups is 4. The Balaban J connectivity index is 0.00000456. The highest BCUT2D eigenvalue weighted by atomic mass is 35.5. The third kappa shape index (κ3) is 6.59. The van der Waals surface area contributed by atoms with Gasteiger partial charge in [-0.05, 0) is 37.2 Å². The lowest BCUT2D eigenvalue weighted by atomic mass is 10.0. The molecule has 0 saturated carbocycles. The van der Waals surface area contributed by atoms with Gasteiger partial charge in [0.25, 0.3) is 5.56 Å². The van der Waals surface area contributed by atoms with Crippen LogP contribution in [-0.2, 0) is 11.2 Å². The van der Waals surface area contributed by atoms with Crippen LogP contribution in [0.2, 0.25) is 10.0 Å². The van der Waals surface area contributed by atoms with Crippen molar-refractivity contribution < 1.29 is 35.4 Å². The third-order valence-corrected chi connectivity index (χ3v) is 7.27. The van der Waals surface area contributed by atoms with E-state index in [4.69, 9.17) is 33.0 Å². The van der Waals surface area contributed by atoms with Crippen molar-refractivity contribution in [2.75, 3.05) is 20.2 Å². The molecule has 0 saturated heterocycles. The normalized spacial score (nSPS) is 14.7. The van der Waals surface area contributed by atoms with Crippen LogP contribution in [0.25, 0.3) is 10.2 Å². The van der Waals surface area contributed by atoms with Crippen LogP contribution in [0.5, 0.6) is 0 Å². The van der Waals surface area contributed by atoms with Gasteiger partial charge < -0.3 is 40.9 Å². The number of esters is 1. The van der Waals surface area contributed by atoms with E-state index in [1.807, 2.05) is 0 Å². The van der Waals surface area contributed by atoms with Crippen LogP contribution in [-0.4, -0.2) is 86.5 Å². The average Bonchev–Trinajstić information content (AvgIpc) is 3.16. The number of nitrogens with one attached hydrogen (secondary N) is 2. The van der Waals surface area contributed by atoms with Crippen LogP contribution >= 0.6 is 34.5 Å². The highest BCUT2D eigenvalue weighted by molar-refractivity contribution is 7.20. The second kappa shape index (κ2) is 12.9. The summed E-state index contributed by atoms with van der Waals surface area (Å²) in [5, 5.41) is 42.7. The predicted octanol–water partition coefficient (Wildman–Crippen LogP) is 0.186. The largest absolute Gasteiger partial charge is 0.454 e. The van der Waals surface area contributed by atoms with E-state index >= 15 is 0 Å². The number of H-pyrrole nitrogens is 1. The zero-order valence-corrected chi connectivity index (χ0v) is 21.6. The molecule has 2 heterocycles. The van der Waals surface area contributed by atoms with E-state index in [2.05, 4.69) is 15.3 Å². The van der Waals surface area contributed by atoms with Crippen molar-refractivity contribution in [1.82, 2.24) is 15.3 Å². The van der Waals surface area contributed by atoms with Crippen LogP contribution in [0.1, 0.15) is 26.6 Å². The summed E-state index contributed by atoms with van der Waals surface area (Å²) in [6.45, 7) is 0.754. The monoisotopic (exact) mass is 563 g/mol. The Kier molecular flexibility index (Phi) is 10.8. The fraction of sp³-hybridized carbons (Fsp3) is 0.409. The van der Waals surface area contributed by atoms with E-state index in [1.54, 1.807) is 32.2 Å². The molecular weight excluding hydrogens is 537 g/mol. The summed E-state index contributed by atoms with van der Waals surface area (Å²) in [5.74, 6) is -0.465. The molecule has 0 aliphatic rings. The lowest BCUT2D eigenvalue weighted by Gasteiger charge is -2.28. The molecule has 2 aromatic heterocycles. The quantitative estimate of drug-likeness (QED) is 0.186. The van der Waals surface area contributed by atoms with Gasteiger partial charge in [-0.15, -0.1) is 11.3 Å². The first kappa shape index (κ1) is 30.1. The molecule has 3 rings (SSSR count). The number of halogens is 2. The third-order valence-electron chi connectivity index (χ3n) is 5.37. The molecule has 0 aliphatic heterocycles. The van der Waals surface area contributed by atoms with Crippen LogP contribution in [0, 0.1) is 6.92 Å². The van der Waals surface area contributed by atoms with Gasteiger partial charge in [-0.2, -0.15) is 0 Å². The first-order valence-corrected chi connectivity index (χ1v) is 12.1. The zero-order chi connectivity index (χ0) is 25.9. The fourth-order valence-electron chi connectivity index (χ4n) is 3.49. The van der Waals surface area contributed by atoms with Crippen LogP contribution in [0.3, 0.4) is 0 Å². The zero-order valence-electron chi connectivity index (χ0n) is 19.3. The number of benzene rings is 1. The molecule has 36 heavy (non-hydrogen) atoms. The highest BCUT2D eigenvalue weighted by Crippen LogP contribution is 2.29. The van der Waals surface area contributed by atoms with Crippen molar-refractivity contribution >= 4 is 50.7 Å². The number of thiophene rings is 1. The maximum atomic E-state index is 12.9. The number of nitrogens with zero attached hydrogens (tertiary/aromatic N) is 1. The second-order valence-electron chi connectivity index (χ2n) is 7.91. The average molecular weight is 564 g/mol. The van der Waals surface area contributed by atoms with Gasteiger partial charge in [0, 0.05) is 13.0 Å². The number of hydrogen-bond acceptors (Lipinski definition) is 10. The van der Waals surface area contributed by atoms with Crippen LogP contribution in [0.15, 0.2) is 23.0 Å². The predicted molar refractivity (Wildman–Crippen MR) is 136 cm³/mol. The van der Waals surface area contributed by atoms with Crippen molar-refractivity contribution in [2.24, 2.45) is 0 Å². The Hall–Kier alpha value is -2.13. The Bertz CT molecular complexity index is 1270. The van der Waals surface area contributed by atoms with Crippen molar-refractivity contribution in [3.05, 3.63) is 60.4 Å². The number of aromatic nitrogens is 2. The molecule has 0 bridgehead atoms. The van der Waals surface area contributed by atoms with Crippen molar-refractivity contribution in [2.45, 2.75) is 37.8 Å². The van der Waals surface area contributed by atoms with Gasteiger partial charge in [0.2, 0.25) is 0 Å². The van der Waals surface area contributed by atoms with E-state index in [9.17, 15) is 24.9 Å². The minimum absolute atomic E-state index is 0. The first-order valence-electron chi connectivity index (χ1n) is 10.5. The minimum Gasteiger partial charge on any atom is -0.454 e. The lowest BCUT2D eigenvalue weighted by Crippen LogP contribution is -2.50. The van der Waals surface area contributed by atoms with Crippen LogP contribution < -0.4 is 10.9 Å². The summed E-state index contributed by atoms with van der Waals surface area (Å²) < 4.78 is 5.39. The second-order valence-corrected chi connectivity index (χ2v) is 9.72. The van der Waals surface area contributed by atoms with Gasteiger partial charge in [-0.1, -0.05) is 29.3 Å². The Morgan fingerprint density at radius 1 is 1.22 bits per heavy atom. The summed E-state index contributed by atoms with van der Waals surface area (Å²) in [6.07, 6.45) is -6.01. The van der Waals surface area contributed by atoms with E-state index < -0.39 is 42.6 Å². The molecule has 3 aromatic rings. The number of aryl methyl sites for hydroxylation is 1. The maximum absolute atomic E-state index is 12.9. The molecule has 0 radical (unpaired) electrons. The first-order chi connectivity index (χ1) is 16.6. The summed E-state index contributed by atoms with van der Waals surface area (Å²) in [5.41, 5.74) is 0.715. The van der Waals surface area contributed by atoms with Crippen molar-refractivity contribution in [1.29, 1.82) is 0 Å². The standard InChI is InChI=1S/C22H25Cl2N3O7S.H2O/c1-9-16-20(32)26-15(6-10-3-4-11(23)12(24)5-10)27-21(16)35-19(9)22(33)34-14(7-25-2)18(31)17(30)13(29)8-28;/h3-5,13-14,17-18,25,28-31H,6-8H2,1-2H3,(H,26,27,32);1H2/t13-,14+,17-,18-;/m1./s1. The molecule has 0 fully saturated rings. The molecule has 198 valence electrons. The molecule has 0 amide bonds. The molecule has 4 atom stereocenters. The van der Waals surface area contributed by atoms with Crippen molar-refractivity contribution in [3.63, 3.8) is 0 Å². The molecule has 8 N–H and O–H groups in total. The van der Waals surface area contributed by atoms with Gasteiger partial charge in [0.05, 0.1) is 22.0 Å². The Morgan fingerprint density at radius 3 is 2.53 bits per heavy atom. The van der Waals surface area contributed by atoms with Crippen LogP contribution in [0.4, 0.5) is 0 Å². The van der Waals surface area contributed by atoms with Gasteiger partial charge in [-0.3, -0.25) is 4.79 Å². The number of hydrogen-bond donors (Lipinski definition) is 6. The van der Waals surface area contributed by atoms with Gasteiger partial charge in [-0.25, -0.2) is 9.78 Å². The molecular formula is C22H27Cl2N3O8S. The summed E-state index contributed by atoms with van der Waals surface area (Å²) in [6, 6.07) is 5.08. The number of ether oxygens (including phenoxy) is 1. The van der Waals surface area contributed by atoms with Gasteiger partial charge >= 0.3 is 5.97 Å². The Morgan fingerprint density at radius 2 is 1.92 bits per heavy atom. The van der Waals surface area contributed by atoms with Crippen molar-refractivity contribution in [3.8, 4) is 0 Å². The molecule has 14 heteroatoms. The topological polar surface area (TPSA) is 196 Å². The van der Waals surface area contributed by atoms with E-state index in [-0.39, 0.29) is 28.7 Å². The Labute approximate surface area is 219 Å². The van der Waals surface area contributed by atoms with E-state index in [0.717, 1.165) is 16.9 Å². The number of rotatable bonds is 10. The summed E-state index contributed by atoms with van der Waals surface area (Å²) in [7, 11) is 1.55. The molecule has 11 nitrogen and oxygen atoms in total. The SMILES string of the molecule is CNC[C@H](OC(=O)c1sc2nc(Cc3ccc(Cl)c(Cl)c3)[nH]c(=O)c2c1C)[C@@H](O)[C@H](O)[C@H](O)CO.O. The van der Waals surface area contributed by atoms with Gasteiger partial charge in [0.1, 0.15) is 39.9 Å². The molecule has 1 aromatic carbocycles. The number of fused-ring (bicyclic) bond motifs is 1. The van der Waals surface area contributed by atoms with E-state index in [0.29, 0.717) is 26.3 Å². The smallest absolute Gasteiger partial charge is 0.349 e. The molecule has 0 unspecified atom stereocenters. The fourth-order valence-corrected chi connectivity index (χ4v) is 4.89. The summed E-state index contributed by atoms with van der Waals surface area (Å²) >= 11 is 13.0. The number of likely N-dealkylation sites (N-methyl/N-ethyl adjacent to an activating group) is 1. The summed E-state index contributed by atoms with van der Waals surface area (Å²) in [4.78, 5) is 33.3. The number of carbonyl (C=O) groups is 1. The number of carbonyl (C=O) groups excluding carboxylic acids is 1. The minimum atomic E-state index is -1.75. The number of aliphatic hydroxyl groups excluding tert-OH is 4. The number of aromatic amines is 1. The lowest BCUT2D eigenvalue weighted by molar-refractivity contribution is -0.116. The maximum Gasteiger partial charge on any atom is 0.349 e.